The average molecular weight is 474 g/mol. The fraction of sp³-hybridized carbons (Fsp3) is 0.308. The van der Waals surface area contributed by atoms with Crippen molar-refractivity contribution in [3.63, 3.8) is 0 Å². The first-order valence-corrected chi connectivity index (χ1v) is 12.4. The van der Waals surface area contributed by atoms with Gasteiger partial charge in [0.25, 0.3) is 5.56 Å². The number of nitrogens with zero attached hydrogens (tertiary/aromatic N) is 4. The number of carbonyl (C=O) groups excluding carboxylic acids is 1. The van der Waals surface area contributed by atoms with E-state index in [1.165, 1.54) is 22.0 Å². The number of hydrogen-bond acceptors (Lipinski definition) is 5. The number of carbonyl (C=O) groups is 1. The van der Waals surface area contributed by atoms with Crippen LogP contribution in [0.25, 0.3) is 17.0 Å². The first-order chi connectivity index (χ1) is 16.3. The Balaban J connectivity index is 1.65. The van der Waals surface area contributed by atoms with Crippen LogP contribution in [0.2, 0.25) is 0 Å². The number of aromatic nitrogens is 4. The molecular weight excluding hydrogens is 446 g/mol. The Morgan fingerprint density at radius 2 is 1.97 bits per heavy atom. The Morgan fingerprint density at radius 1 is 1.18 bits per heavy atom. The zero-order valence-electron chi connectivity index (χ0n) is 19.8. The molecule has 174 valence electrons. The van der Waals surface area contributed by atoms with E-state index in [0.717, 1.165) is 29.0 Å². The van der Waals surface area contributed by atoms with E-state index in [1.54, 1.807) is 4.40 Å². The molecule has 1 amide bonds. The third-order valence-corrected chi connectivity index (χ3v) is 6.96. The van der Waals surface area contributed by atoms with E-state index in [0.29, 0.717) is 22.2 Å². The normalized spacial score (nSPS) is 14.0. The third-order valence-electron chi connectivity index (χ3n) is 6.14. The molecule has 0 aliphatic heterocycles. The van der Waals surface area contributed by atoms with Crippen molar-refractivity contribution in [2.24, 2.45) is 0 Å². The molecule has 1 N–H and O–H groups in total. The highest BCUT2D eigenvalue weighted by atomic mass is 32.2. The molecule has 0 fully saturated rings. The first kappa shape index (κ1) is 22.4. The number of aryl methyl sites for hydroxylation is 1. The number of amides is 1. The standard InChI is InChI=1S/C26H27N5O2S/c1-5-34-25-29-30(15-20(32)27-18-11-8-9-16(2)13-18)24-28-22-19-12-7-6-10-17(19)14-26(3,4)21(22)23(33)31(24)25/h6-13H,5,14-15H2,1-4H3,(H,27,32). The van der Waals surface area contributed by atoms with Gasteiger partial charge in [-0.2, -0.15) is 0 Å². The molecule has 7 nitrogen and oxygen atoms in total. The third kappa shape index (κ3) is 3.81. The highest BCUT2D eigenvalue weighted by Crippen LogP contribution is 2.40. The number of hydrogen-bond donors (Lipinski definition) is 1. The molecule has 0 bridgehead atoms. The quantitative estimate of drug-likeness (QED) is 0.433. The van der Waals surface area contributed by atoms with Crippen molar-refractivity contribution in [3.8, 4) is 11.3 Å². The van der Waals surface area contributed by atoms with Crippen LogP contribution < -0.4 is 10.9 Å². The van der Waals surface area contributed by atoms with Crippen LogP contribution in [0.1, 0.15) is 37.5 Å². The van der Waals surface area contributed by atoms with Crippen LogP contribution >= 0.6 is 11.8 Å². The molecule has 8 heteroatoms. The van der Waals surface area contributed by atoms with Crippen LogP contribution in [0.4, 0.5) is 5.69 Å². The summed E-state index contributed by atoms with van der Waals surface area (Å²) in [5.74, 6) is 0.903. The maximum absolute atomic E-state index is 13.9. The second kappa shape index (κ2) is 8.43. The van der Waals surface area contributed by atoms with Gasteiger partial charge in [-0.15, -0.1) is 5.10 Å². The van der Waals surface area contributed by atoms with Crippen LogP contribution in [-0.2, 0) is 23.2 Å². The summed E-state index contributed by atoms with van der Waals surface area (Å²) in [7, 11) is 0. The number of benzene rings is 2. The second-order valence-electron chi connectivity index (χ2n) is 9.28. The van der Waals surface area contributed by atoms with Crippen molar-refractivity contribution in [3.05, 3.63) is 75.6 Å². The molecule has 34 heavy (non-hydrogen) atoms. The van der Waals surface area contributed by atoms with Gasteiger partial charge in [-0.05, 0) is 42.4 Å². The zero-order valence-corrected chi connectivity index (χ0v) is 20.6. The largest absolute Gasteiger partial charge is 0.324 e. The van der Waals surface area contributed by atoms with Crippen LogP contribution in [0, 0.1) is 6.92 Å². The lowest BCUT2D eigenvalue weighted by molar-refractivity contribution is -0.116. The number of anilines is 1. The maximum Gasteiger partial charge on any atom is 0.265 e. The van der Waals surface area contributed by atoms with Crippen molar-refractivity contribution in [1.82, 2.24) is 19.2 Å². The van der Waals surface area contributed by atoms with Crippen LogP contribution in [0.5, 0.6) is 0 Å². The van der Waals surface area contributed by atoms with Gasteiger partial charge in [0.15, 0.2) is 5.16 Å². The number of rotatable bonds is 5. The summed E-state index contributed by atoms with van der Waals surface area (Å²) in [4.78, 5) is 31.7. The van der Waals surface area contributed by atoms with Gasteiger partial charge < -0.3 is 5.32 Å². The first-order valence-electron chi connectivity index (χ1n) is 11.4. The Hall–Kier alpha value is -3.39. The smallest absolute Gasteiger partial charge is 0.265 e. The fourth-order valence-electron chi connectivity index (χ4n) is 4.71. The molecule has 1 aliphatic carbocycles. The Labute approximate surface area is 202 Å². The molecule has 2 aromatic heterocycles. The second-order valence-corrected chi connectivity index (χ2v) is 10.5. The summed E-state index contributed by atoms with van der Waals surface area (Å²) in [6, 6.07) is 15.7. The summed E-state index contributed by atoms with van der Waals surface area (Å²) >= 11 is 1.47. The average Bonchev–Trinajstić information content (AvgIpc) is 3.10. The van der Waals surface area contributed by atoms with E-state index in [9.17, 15) is 9.59 Å². The van der Waals surface area contributed by atoms with Gasteiger partial charge in [0.2, 0.25) is 11.7 Å². The van der Waals surface area contributed by atoms with Crippen molar-refractivity contribution >= 4 is 29.1 Å². The summed E-state index contributed by atoms with van der Waals surface area (Å²) < 4.78 is 3.11. The molecule has 0 unspecified atom stereocenters. The zero-order chi connectivity index (χ0) is 24.0. The molecule has 2 aromatic carbocycles. The molecule has 1 aliphatic rings. The van der Waals surface area contributed by atoms with Crippen molar-refractivity contribution < 1.29 is 4.79 Å². The molecule has 2 heterocycles. The Bertz CT molecular complexity index is 1480. The van der Waals surface area contributed by atoms with Gasteiger partial charge in [0.05, 0.1) is 11.3 Å². The molecule has 0 spiro atoms. The molecule has 0 saturated carbocycles. The van der Waals surface area contributed by atoms with Crippen LogP contribution in [-0.4, -0.2) is 30.8 Å². The van der Waals surface area contributed by atoms with Crippen molar-refractivity contribution in [2.75, 3.05) is 11.1 Å². The summed E-state index contributed by atoms with van der Waals surface area (Å²) in [5, 5.41) is 8.11. The van der Waals surface area contributed by atoms with E-state index in [2.05, 4.69) is 30.3 Å². The Morgan fingerprint density at radius 3 is 2.74 bits per heavy atom. The minimum atomic E-state index is -0.367. The predicted octanol–water partition coefficient (Wildman–Crippen LogP) is 4.45. The summed E-state index contributed by atoms with van der Waals surface area (Å²) in [5.41, 5.74) is 4.83. The number of thioether (sulfide) groups is 1. The van der Waals surface area contributed by atoms with Crippen molar-refractivity contribution in [2.45, 2.75) is 51.2 Å². The topological polar surface area (TPSA) is 81.3 Å². The van der Waals surface area contributed by atoms with Crippen LogP contribution in [0.3, 0.4) is 0 Å². The predicted molar refractivity (Wildman–Crippen MR) is 136 cm³/mol. The highest BCUT2D eigenvalue weighted by Gasteiger charge is 2.36. The van der Waals surface area contributed by atoms with Crippen molar-refractivity contribution in [1.29, 1.82) is 0 Å². The SMILES string of the molecule is CCSc1nn(CC(=O)Nc2cccc(C)c2)c2nc3c(c(=O)n12)C(C)(C)Cc1ccccc1-3. The number of nitrogens with one attached hydrogen (secondary N) is 1. The van der Waals surface area contributed by atoms with E-state index >= 15 is 0 Å². The maximum atomic E-state index is 13.9. The number of fused-ring (bicyclic) bond motifs is 4. The summed E-state index contributed by atoms with van der Waals surface area (Å²) in [6.45, 7) is 8.12. The van der Waals surface area contributed by atoms with E-state index in [-0.39, 0.29) is 23.4 Å². The van der Waals surface area contributed by atoms with E-state index < -0.39 is 0 Å². The monoisotopic (exact) mass is 473 g/mol. The minimum Gasteiger partial charge on any atom is -0.324 e. The molecule has 5 rings (SSSR count). The van der Waals surface area contributed by atoms with Gasteiger partial charge in [-0.3, -0.25) is 9.59 Å². The van der Waals surface area contributed by atoms with Gasteiger partial charge in [0.1, 0.15) is 6.54 Å². The fourth-order valence-corrected chi connectivity index (χ4v) is 5.42. The summed E-state index contributed by atoms with van der Waals surface area (Å²) in [6.07, 6.45) is 0.766. The molecule has 0 atom stereocenters. The minimum absolute atomic E-state index is 0.0437. The van der Waals surface area contributed by atoms with Gasteiger partial charge in [-0.25, -0.2) is 14.1 Å². The lowest BCUT2D eigenvalue weighted by Gasteiger charge is -2.32. The highest BCUT2D eigenvalue weighted by molar-refractivity contribution is 7.99. The van der Waals surface area contributed by atoms with Gasteiger partial charge >= 0.3 is 0 Å². The lowest BCUT2D eigenvalue weighted by atomic mass is 9.72. The van der Waals surface area contributed by atoms with Crippen LogP contribution in [0.15, 0.2) is 58.5 Å². The Kier molecular flexibility index (Phi) is 5.56. The van der Waals surface area contributed by atoms with Gasteiger partial charge in [-0.1, -0.05) is 68.9 Å². The van der Waals surface area contributed by atoms with E-state index in [4.69, 9.17) is 4.98 Å². The van der Waals surface area contributed by atoms with E-state index in [1.807, 2.05) is 56.3 Å². The molecular formula is C26H27N5O2S. The molecule has 0 radical (unpaired) electrons. The molecule has 0 saturated heterocycles. The van der Waals surface area contributed by atoms with Gasteiger partial charge in [0, 0.05) is 16.7 Å². The lowest BCUT2D eigenvalue weighted by Crippen LogP contribution is -2.36. The molecule has 4 aromatic rings.